The van der Waals surface area contributed by atoms with Crippen LogP contribution in [0.2, 0.25) is 0 Å². The highest BCUT2D eigenvalue weighted by atomic mass is 16.5. The molecule has 3 aromatic rings. The number of nitrogens with one attached hydrogen (secondary N) is 1. The van der Waals surface area contributed by atoms with Crippen molar-refractivity contribution in [3.63, 3.8) is 0 Å². The van der Waals surface area contributed by atoms with Crippen LogP contribution in [0.5, 0.6) is 17.2 Å². The summed E-state index contributed by atoms with van der Waals surface area (Å²) in [5, 5.41) is 2.98. The van der Waals surface area contributed by atoms with Crippen molar-refractivity contribution >= 4 is 5.91 Å². The van der Waals surface area contributed by atoms with Crippen LogP contribution in [0.1, 0.15) is 32.6 Å². The molecule has 162 valence electrons. The van der Waals surface area contributed by atoms with Gasteiger partial charge in [0.05, 0.1) is 14.2 Å². The van der Waals surface area contributed by atoms with Crippen LogP contribution in [0.15, 0.2) is 60.7 Å². The molecular weight excluding hydrogens is 390 g/mol. The Kier molecular flexibility index (Phi) is 7.55. The lowest BCUT2D eigenvalue weighted by atomic mass is 10.1. The maximum atomic E-state index is 12.6. The van der Waals surface area contributed by atoms with Gasteiger partial charge in [-0.2, -0.15) is 0 Å². The van der Waals surface area contributed by atoms with Crippen molar-refractivity contribution < 1.29 is 19.0 Å². The highest BCUT2D eigenvalue weighted by Gasteiger charge is 2.11. The number of hydrogen-bond donors (Lipinski definition) is 1. The number of ether oxygens (including phenoxy) is 3. The monoisotopic (exact) mass is 419 g/mol. The summed E-state index contributed by atoms with van der Waals surface area (Å²) >= 11 is 0. The van der Waals surface area contributed by atoms with E-state index >= 15 is 0 Å². The molecule has 0 fully saturated rings. The van der Waals surface area contributed by atoms with E-state index in [0.717, 1.165) is 29.0 Å². The first-order chi connectivity index (χ1) is 15.0. The summed E-state index contributed by atoms with van der Waals surface area (Å²) in [5.74, 6) is 2.18. The molecule has 5 heteroatoms. The molecule has 0 atom stereocenters. The van der Waals surface area contributed by atoms with Crippen molar-refractivity contribution in [1.82, 2.24) is 5.32 Å². The summed E-state index contributed by atoms with van der Waals surface area (Å²) in [6, 6.07) is 19.2. The summed E-state index contributed by atoms with van der Waals surface area (Å²) in [4.78, 5) is 12.6. The Hall–Kier alpha value is -3.47. The minimum atomic E-state index is -0.122. The van der Waals surface area contributed by atoms with E-state index in [0.29, 0.717) is 24.5 Å². The number of benzene rings is 3. The standard InChI is InChI=1S/C26H29NO4/c1-18-5-9-24(15-19(18)2)31-17-22-16-21(8-12-25(22)30-4)26(28)27-14-13-20-6-10-23(29-3)11-7-20/h5-12,15-16H,13-14,17H2,1-4H3,(H,27,28). The summed E-state index contributed by atoms with van der Waals surface area (Å²) in [6.07, 6.45) is 0.745. The lowest BCUT2D eigenvalue weighted by Crippen LogP contribution is -2.25. The molecule has 31 heavy (non-hydrogen) atoms. The third-order valence-corrected chi connectivity index (χ3v) is 5.27. The predicted octanol–water partition coefficient (Wildman–Crippen LogP) is 4.87. The minimum Gasteiger partial charge on any atom is -0.497 e. The van der Waals surface area contributed by atoms with Crippen molar-refractivity contribution in [3.05, 3.63) is 88.5 Å². The zero-order valence-electron chi connectivity index (χ0n) is 18.5. The summed E-state index contributed by atoms with van der Waals surface area (Å²) in [6.45, 7) is 4.99. The van der Waals surface area contributed by atoms with Gasteiger partial charge in [0.25, 0.3) is 5.91 Å². The second kappa shape index (κ2) is 10.5. The average molecular weight is 420 g/mol. The van der Waals surface area contributed by atoms with Gasteiger partial charge < -0.3 is 19.5 Å². The van der Waals surface area contributed by atoms with Crippen LogP contribution < -0.4 is 19.5 Å². The molecule has 1 N–H and O–H groups in total. The van der Waals surface area contributed by atoms with Crippen molar-refractivity contribution in [2.24, 2.45) is 0 Å². The van der Waals surface area contributed by atoms with Crippen molar-refractivity contribution in [3.8, 4) is 17.2 Å². The molecular formula is C26H29NO4. The van der Waals surface area contributed by atoms with Crippen LogP contribution in [0, 0.1) is 13.8 Å². The first-order valence-electron chi connectivity index (χ1n) is 10.3. The van der Waals surface area contributed by atoms with Crippen molar-refractivity contribution in [1.29, 1.82) is 0 Å². The Morgan fingerprint density at radius 1 is 0.839 bits per heavy atom. The minimum absolute atomic E-state index is 0.122. The first kappa shape index (κ1) is 22.2. The fourth-order valence-electron chi connectivity index (χ4n) is 3.21. The van der Waals surface area contributed by atoms with Crippen LogP contribution in [0.25, 0.3) is 0 Å². The molecule has 3 aromatic carbocycles. The number of hydrogen-bond acceptors (Lipinski definition) is 4. The zero-order chi connectivity index (χ0) is 22.2. The van der Waals surface area contributed by atoms with Gasteiger partial charge in [0, 0.05) is 17.7 Å². The molecule has 1 amide bonds. The fourth-order valence-corrected chi connectivity index (χ4v) is 3.21. The van der Waals surface area contributed by atoms with E-state index in [1.54, 1.807) is 26.4 Å². The number of carbonyl (C=O) groups is 1. The molecule has 0 aliphatic rings. The van der Waals surface area contributed by atoms with Crippen molar-refractivity contribution in [2.75, 3.05) is 20.8 Å². The van der Waals surface area contributed by atoms with Gasteiger partial charge in [-0.15, -0.1) is 0 Å². The number of rotatable bonds is 9. The Morgan fingerprint density at radius 3 is 2.26 bits per heavy atom. The molecule has 3 rings (SSSR count). The van der Waals surface area contributed by atoms with Crippen LogP contribution in [-0.2, 0) is 13.0 Å². The smallest absolute Gasteiger partial charge is 0.251 e. The quantitative estimate of drug-likeness (QED) is 0.537. The molecule has 0 saturated heterocycles. The molecule has 0 radical (unpaired) electrons. The molecule has 0 aromatic heterocycles. The largest absolute Gasteiger partial charge is 0.497 e. The van der Waals surface area contributed by atoms with Gasteiger partial charge in [-0.3, -0.25) is 4.79 Å². The van der Waals surface area contributed by atoms with Gasteiger partial charge in [0.2, 0.25) is 0 Å². The molecule has 5 nitrogen and oxygen atoms in total. The van der Waals surface area contributed by atoms with Crippen LogP contribution in [0.3, 0.4) is 0 Å². The fraction of sp³-hybridized carbons (Fsp3) is 0.269. The molecule has 0 bridgehead atoms. The van der Waals surface area contributed by atoms with Gasteiger partial charge in [0.15, 0.2) is 0 Å². The number of methoxy groups -OCH3 is 2. The zero-order valence-corrected chi connectivity index (χ0v) is 18.5. The van der Waals surface area contributed by atoms with Crippen LogP contribution in [-0.4, -0.2) is 26.7 Å². The van der Waals surface area contributed by atoms with E-state index in [9.17, 15) is 4.79 Å². The highest BCUT2D eigenvalue weighted by Crippen LogP contribution is 2.23. The molecule has 0 unspecified atom stereocenters. The average Bonchev–Trinajstić information content (AvgIpc) is 2.80. The predicted molar refractivity (Wildman–Crippen MR) is 122 cm³/mol. The maximum Gasteiger partial charge on any atom is 0.251 e. The van der Waals surface area contributed by atoms with Gasteiger partial charge in [-0.05, 0) is 79.4 Å². The van der Waals surface area contributed by atoms with Gasteiger partial charge in [-0.1, -0.05) is 18.2 Å². The molecule has 0 spiro atoms. The number of carbonyl (C=O) groups excluding carboxylic acids is 1. The normalized spacial score (nSPS) is 10.5. The molecule has 0 saturated carbocycles. The van der Waals surface area contributed by atoms with E-state index in [4.69, 9.17) is 14.2 Å². The first-order valence-corrected chi connectivity index (χ1v) is 10.3. The molecule has 0 heterocycles. The Bertz CT molecular complexity index is 1030. The summed E-state index contributed by atoms with van der Waals surface area (Å²) < 4.78 is 16.6. The van der Waals surface area contributed by atoms with Gasteiger partial charge in [-0.25, -0.2) is 0 Å². The lowest BCUT2D eigenvalue weighted by Gasteiger charge is -2.13. The topological polar surface area (TPSA) is 56.8 Å². The van der Waals surface area contributed by atoms with Gasteiger partial charge in [0.1, 0.15) is 23.9 Å². The molecule has 0 aliphatic carbocycles. The summed E-state index contributed by atoms with van der Waals surface area (Å²) in [5.41, 5.74) is 4.93. The second-order valence-corrected chi connectivity index (χ2v) is 7.42. The Morgan fingerprint density at radius 2 is 1.58 bits per heavy atom. The second-order valence-electron chi connectivity index (χ2n) is 7.42. The Labute approximate surface area is 184 Å². The highest BCUT2D eigenvalue weighted by molar-refractivity contribution is 5.94. The number of aryl methyl sites for hydroxylation is 2. The van der Waals surface area contributed by atoms with E-state index in [-0.39, 0.29) is 5.91 Å². The van der Waals surface area contributed by atoms with Crippen molar-refractivity contribution in [2.45, 2.75) is 26.9 Å². The lowest BCUT2D eigenvalue weighted by molar-refractivity contribution is 0.0954. The van der Waals surface area contributed by atoms with E-state index in [1.807, 2.05) is 48.5 Å². The van der Waals surface area contributed by atoms with Crippen LogP contribution >= 0.6 is 0 Å². The van der Waals surface area contributed by atoms with E-state index in [2.05, 4.69) is 19.2 Å². The third-order valence-electron chi connectivity index (χ3n) is 5.27. The van der Waals surface area contributed by atoms with Crippen LogP contribution in [0.4, 0.5) is 0 Å². The van der Waals surface area contributed by atoms with E-state index in [1.165, 1.54) is 11.1 Å². The SMILES string of the molecule is COc1ccc(CCNC(=O)c2ccc(OC)c(COc3ccc(C)c(C)c3)c2)cc1. The van der Waals surface area contributed by atoms with E-state index < -0.39 is 0 Å². The van der Waals surface area contributed by atoms with Gasteiger partial charge >= 0.3 is 0 Å². The molecule has 0 aliphatic heterocycles. The number of amides is 1. The third kappa shape index (κ3) is 6.01. The Balaban J connectivity index is 1.61. The maximum absolute atomic E-state index is 12.6. The summed E-state index contributed by atoms with van der Waals surface area (Å²) in [7, 11) is 3.26.